The normalized spacial score (nSPS) is 10.5. The summed E-state index contributed by atoms with van der Waals surface area (Å²) in [5.41, 5.74) is 8.58. The second-order valence-electron chi connectivity index (χ2n) is 4.49. The summed E-state index contributed by atoms with van der Waals surface area (Å²) in [4.78, 5) is 10.7. The van der Waals surface area contributed by atoms with Crippen LogP contribution in [0.1, 0.15) is 11.1 Å². The molecule has 120 valence electrons. The second kappa shape index (κ2) is 8.05. The molecule has 23 heavy (non-hydrogen) atoms. The van der Waals surface area contributed by atoms with Crippen LogP contribution < -0.4 is 20.6 Å². The largest absolute Gasteiger partial charge is 0.493 e. The Morgan fingerprint density at radius 1 is 1.30 bits per heavy atom. The standard InChI is InChI=1S/C16H16ClN3O3/c1-22-14-8-4-6-11(9-19-20-16(18)21)15(14)23-10-12-5-2-3-7-13(12)17/h2-9H,10H2,1H3,(H3,18,20,21)/b19-9+. The van der Waals surface area contributed by atoms with Gasteiger partial charge < -0.3 is 15.2 Å². The van der Waals surface area contributed by atoms with Gasteiger partial charge in [0.2, 0.25) is 0 Å². The van der Waals surface area contributed by atoms with Crippen molar-refractivity contribution in [1.29, 1.82) is 0 Å². The van der Waals surface area contributed by atoms with Crippen LogP contribution in [0.5, 0.6) is 11.5 Å². The molecule has 0 saturated heterocycles. The highest BCUT2D eigenvalue weighted by Gasteiger charge is 2.10. The first-order valence-corrected chi connectivity index (χ1v) is 7.11. The van der Waals surface area contributed by atoms with Gasteiger partial charge >= 0.3 is 6.03 Å². The van der Waals surface area contributed by atoms with E-state index in [4.69, 9.17) is 26.8 Å². The zero-order valence-electron chi connectivity index (χ0n) is 12.5. The van der Waals surface area contributed by atoms with E-state index in [-0.39, 0.29) is 6.61 Å². The number of carbonyl (C=O) groups excluding carboxylic acids is 1. The Labute approximate surface area is 138 Å². The van der Waals surface area contributed by atoms with Crippen molar-refractivity contribution in [2.45, 2.75) is 6.61 Å². The molecule has 0 radical (unpaired) electrons. The van der Waals surface area contributed by atoms with Gasteiger partial charge in [0.1, 0.15) is 6.61 Å². The smallest absolute Gasteiger partial charge is 0.332 e. The molecule has 0 aliphatic carbocycles. The Morgan fingerprint density at radius 2 is 2.09 bits per heavy atom. The Balaban J connectivity index is 2.23. The lowest BCUT2D eigenvalue weighted by atomic mass is 10.2. The number of hydrogen-bond acceptors (Lipinski definition) is 4. The molecule has 0 spiro atoms. The first-order valence-electron chi connectivity index (χ1n) is 6.73. The van der Waals surface area contributed by atoms with Crippen molar-refractivity contribution in [2.24, 2.45) is 10.8 Å². The van der Waals surface area contributed by atoms with Gasteiger partial charge in [-0.1, -0.05) is 35.9 Å². The van der Waals surface area contributed by atoms with Crippen LogP contribution in [0.25, 0.3) is 0 Å². The molecular weight excluding hydrogens is 318 g/mol. The monoisotopic (exact) mass is 333 g/mol. The molecule has 0 heterocycles. The van der Waals surface area contributed by atoms with Gasteiger partial charge in [0.25, 0.3) is 0 Å². The number of nitrogens with one attached hydrogen (secondary N) is 1. The zero-order chi connectivity index (χ0) is 16.7. The second-order valence-corrected chi connectivity index (χ2v) is 4.90. The average molecular weight is 334 g/mol. The van der Waals surface area contributed by atoms with Crippen molar-refractivity contribution in [3.63, 3.8) is 0 Å². The number of carbonyl (C=O) groups is 1. The molecule has 2 aromatic carbocycles. The Bertz CT molecular complexity index is 719. The van der Waals surface area contributed by atoms with Crippen molar-refractivity contribution in [2.75, 3.05) is 7.11 Å². The number of amides is 2. The van der Waals surface area contributed by atoms with Crippen molar-refractivity contribution in [3.8, 4) is 11.5 Å². The number of hydrogen-bond donors (Lipinski definition) is 2. The fourth-order valence-corrected chi connectivity index (χ4v) is 2.07. The molecule has 0 aromatic heterocycles. The van der Waals surface area contributed by atoms with Gasteiger partial charge in [0, 0.05) is 16.1 Å². The summed E-state index contributed by atoms with van der Waals surface area (Å²) in [5, 5.41) is 4.36. The van der Waals surface area contributed by atoms with Crippen molar-refractivity contribution in [3.05, 3.63) is 58.6 Å². The molecule has 2 amide bonds. The Morgan fingerprint density at radius 3 is 2.78 bits per heavy atom. The molecule has 0 aliphatic heterocycles. The van der Waals surface area contributed by atoms with Crippen LogP contribution in [0, 0.1) is 0 Å². The number of nitrogens with zero attached hydrogens (tertiary/aromatic N) is 1. The molecule has 3 N–H and O–H groups in total. The number of rotatable bonds is 6. The predicted molar refractivity (Wildman–Crippen MR) is 89.1 cm³/mol. The fourth-order valence-electron chi connectivity index (χ4n) is 1.88. The van der Waals surface area contributed by atoms with Gasteiger partial charge in [-0.3, -0.25) is 0 Å². The van der Waals surface area contributed by atoms with E-state index >= 15 is 0 Å². The highest BCUT2D eigenvalue weighted by atomic mass is 35.5. The van der Waals surface area contributed by atoms with E-state index in [1.165, 1.54) is 6.21 Å². The van der Waals surface area contributed by atoms with E-state index < -0.39 is 6.03 Å². The number of benzene rings is 2. The summed E-state index contributed by atoms with van der Waals surface area (Å²) in [6.07, 6.45) is 1.43. The molecule has 2 rings (SSSR count). The van der Waals surface area contributed by atoms with Crippen LogP contribution in [-0.4, -0.2) is 19.4 Å². The molecule has 6 nitrogen and oxygen atoms in total. The third-order valence-corrected chi connectivity index (χ3v) is 3.31. The van der Waals surface area contributed by atoms with Crippen molar-refractivity contribution < 1.29 is 14.3 Å². The maximum atomic E-state index is 10.7. The minimum absolute atomic E-state index is 0.268. The average Bonchev–Trinajstić information content (AvgIpc) is 2.54. The molecule has 0 atom stereocenters. The molecular formula is C16H16ClN3O3. The lowest BCUT2D eigenvalue weighted by molar-refractivity contribution is 0.249. The first-order chi connectivity index (χ1) is 11.1. The van der Waals surface area contributed by atoms with Gasteiger partial charge in [-0.15, -0.1) is 0 Å². The number of primary amides is 1. The third kappa shape index (κ3) is 4.62. The lowest BCUT2D eigenvalue weighted by Crippen LogP contribution is -2.24. The van der Waals surface area contributed by atoms with Gasteiger partial charge in [-0.25, -0.2) is 10.2 Å². The van der Waals surface area contributed by atoms with Gasteiger partial charge in [0.05, 0.1) is 13.3 Å². The first kappa shape index (κ1) is 16.6. The highest BCUT2D eigenvalue weighted by Crippen LogP contribution is 2.31. The number of hydrazone groups is 1. The van der Waals surface area contributed by atoms with E-state index in [2.05, 4.69) is 10.5 Å². The maximum Gasteiger partial charge on any atom is 0.332 e. The van der Waals surface area contributed by atoms with Crippen LogP contribution in [0.4, 0.5) is 4.79 Å². The number of nitrogens with two attached hydrogens (primary N) is 1. The third-order valence-electron chi connectivity index (χ3n) is 2.94. The highest BCUT2D eigenvalue weighted by molar-refractivity contribution is 6.31. The molecule has 0 aliphatic rings. The van der Waals surface area contributed by atoms with Gasteiger partial charge in [-0.2, -0.15) is 5.10 Å². The summed E-state index contributed by atoms with van der Waals surface area (Å²) in [6.45, 7) is 0.268. The molecule has 0 saturated carbocycles. The molecule has 0 fully saturated rings. The maximum absolute atomic E-state index is 10.7. The summed E-state index contributed by atoms with van der Waals surface area (Å²) in [5.74, 6) is 1.03. The summed E-state index contributed by atoms with van der Waals surface area (Å²) >= 11 is 6.12. The van der Waals surface area contributed by atoms with E-state index in [1.807, 2.05) is 18.2 Å². The van der Waals surface area contributed by atoms with Gasteiger partial charge in [0.15, 0.2) is 11.5 Å². The number of ether oxygens (including phenoxy) is 2. The number of methoxy groups -OCH3 is 1. The topological polar surface area (TPSA) is 85.9 Å². The predicted octanol–water partition coefficient (Wildman–Crippen LogP) is 2.93. The van der Waals surface area contributed by atoms with E-state index in [1.54, 1.807) is 31.4 Å². The minimum Gasteiger partial charge on any atom is -0.493 e. The van der Waals surface area contributed by atoms with E-state index in [0.29, 0.717) is 22.1 Å². The Kier molecular flexibility index (Phi) is 5.82. The molecule has 0 unspecified atom stereocenters. The summed E-state index contributed by atoms with van der Waals surface area (Å²) < 4.78 is 11.1. The number of halogens is 1. The lowest BCUT2D eigenvalue weighted by Gasteiger charge is -2.13. The van der Waals surface area contributed by atoms with Gasteiger partial charge in [-0.05, 0) is 18.2 Å². The quantitative estimate of drug-likeness (QED) is 0.629. The van der Waals surface area contributed by atoms with Crippen LogP contribution in [0.3, 0.4) is 0 Å². The van der Waals surface area contributed by atoms with Crippen molar-refractivity contribution >= 4 is 23.8 Å². The fraction of sp³-hybridized carbons (Fsp3) is 0.125. The SMILES string of the molecule is COc1cccc(/C=N/NC(N)=O)c1OCc1ccccc1Cl. The van der Waals surface area contributed by atoms with Crippen LogP contribution in [0.15, 0.2) is 47.6 Å². The molecule has 7 heteroatoms. The van der Waals surface area contributed by atoms with E-state index in [9.17, 15) is 4.79 Å². The minimum atomic E-state index is -0.748. The van der Waals surface area contributed by atoms with Crippen LogP contribution >= 0.6 is 11.6 Å². The van der Waals surface area contributed by atoms with Crippen molar-refractivity contribution in [1.82, 2.24) is 5.43 Å². The molecule has 0 bridgehead atoms. The van der Waals surface area contributed by atoms with Crippen LogP contribution in [-0.2, 0) is 6.61 Å². The summed E-state index contributed by atoms with van der Waals surface area (Å²) in [6, 6.07) is 12.0. The van der Waals surface area contributed by atoms with Crippen LogP contribution in [0.2, 0.25) is 5.02 Å². The summed E-state index contributed by atoms with van der Waals surface area (Å²) in [7, 11) is 1.54. The number of urea groups is 1. The zero-order valence-corrected chi connectivity index (χ0v) is 13.2. The Hall–Kier alpha value is -2.73. The number of para-hydroxylation sites is 1. The molecule has 2 aromatic rings. The van der Waals surface area contributed by atoms with E-state index in [0.717, 1.165) is 5.56 Å².